The van der Waals surface area contributed by atoms with Crippen molar-refractivity contribution in [3.05, 3.63) is 22.1 Å². The Morgan fingerprint density at radius 2 is 2.08 bits per heavy atom. The number of nitrogens with zero attached hydrogens (tertiary/aromatic N) is 1. The standard InChI is InChI=1S/C5H7N3O.C3H8/c1-3-2-4(9)8-5(6)7-3;1-3-2/h2H,1H3,(H3,6,7,8,9);3H2,1-2H3. The summed E-state index contributed by atoms with van der Waals surface area (Å²) in [5, 5.41) is 0. The summed E-state index contributed by atoms with van der Waals surface area (Å²) in [5.74, 6) is 0.167. The second-order valence-electron chi connectivity index (χ2n) is 2.48. The number of rotatable bonds is 0. The van der Waals surface area contributed by atoms with Crippen molar-refractivity contribution < 1.29 is 0 Å². The highest BCUT2D eigenvalue weighted by Gasteiger charge is 1.89. The van der Waals surface area contributed by atoms with Crippen LogP contribution in [0.15, 0.2) is 10.9 Å². The number of nitrogen functional groups attached to an aromatic ring is 1. The van der Waals surface area contributed by atoms with Gasteiger partial charge in [-0.15, -0.1) is 0 Å². The summed E-state index contributed by atoms with van der Waals surface area (Å²) >= 11 is 0. The highest BCUT2D eigenvalue weighted by Crippen LogP contribution is 1.86. The Morgan fingerprint density at radius 1 is 1.58 bits per heavy atom. The second kappa shape index (κ2) is 5.35. The third kappa shape index (κ3) is 4.49. The summed E-state index contributed by atoms with van der Waals surface area (Å²) in [7, 11) is 0. The molecule has 0 saturated heterocycles. The predicted octanol–water partition coefficient (Wildman–Crippen LogP) is 1.08. The van der Waals surface area contributed by atoms with Gasteiger partial charge in [0.25, 0.3) is 5.56 Å². The third-order valence-corrected chi connectivity index (χ3v) is 0.888. The van der Waals surface area contributed by atoms with Gasteiger partial charge in [-0.05, 0) is 6.92 Å². The van der Waals surface area contributed by atoms with Crippen molar-refractivity contribution >= 4 is 5.95 Å². The van der Waals surface area contributed by atoms with E-state index < -0.39 is 0 Å². The van der Waals surface area contributed by atoms with E-state index in [-0.39, 0.29) is 11.5 Å². The van der Waals surface area contributed by atoms with Gasteiger partial charge in [-0.1, -0.05) is 20.3 Å². The number of nitrogens with two attached hydrogens (primary N) is 1. The van der Waals surface area contributed by atoms with E-state index in [0.29, 0.717) is 5.69 Å². The highest BCUT2D eigenvalue weighted by atomic mass is 16.1. The molecule has 0 aliphatic rings. The molecule has 0 atom stereocenters. The molecule has 1 aromatic heterocycles. The SMILES string of the molecule is CCC.Cc1cc(=O)[nH]c(N)n1. The lowest BCUT2D eigenvalue weighted by Crippen LogP contribution is -2.09. The van der Waals surface area contributed by atoms with Crippen molar-refractivity contribution in [1.82, 2.24) is 9.97 Å². The first-order valence-electron chi connectivity index (χ1n) is 3.93. The van der Waals surface area contributed by atoms with Gasteiger partial charge in [0.15, 0.2) is 0 Å². The maximum absolute atomic E-state index is 10.5. The molecule has 0 fully saturated rings. The summed E-state index contributed by atoms with van der Waals surface area (Å²) in [6.07, 6.45) is 1.25. The Kier molecular flexibility index (Phi) is 4.76. The predicted molar refractivity (Wildman–Crippen MR) is 50.0 cm³/mol. The molecule has 1 heterocycles. The third-order valence-electron chi connectivity index (χ3n) is 0.888. The lowest BCUT2D eigenvalue weighted by molar-refractivity contribution is 1.08. The fourth-order valence-corrected chi connectivity index (χ4v) is 0.602. The molecule has 68 valence electrons. The lowest BCUT2D eigenvalue weighted by atomic mass is 10.5. The van der Waals surface area contributed by atoms with Gasteiger partial charge in [-0.25, -0.2) is 4.98 Å². The van der Waals surface area contributed by atoms with E-state index in [1.54, 1.807) is 6.92 Å². The van der Waals surface area contributed by atoms with Gasteiger partial charge in [0, 0.05) is 11.8 Å². The molecule has 0 radical (unpaired) electrons. The van der Waals surface area contributed by atoms with E-state index in [1.807, 2.05) is 0 Å². The lowest BCUT2D eigenvalue weighted by Gasteiger charge is -1.90. The van der Waals surface area contributed by atoms with Gasteiger partial charge >= 0.3 is 0 Å². The summed E-state index contributed by atoms with van der Waals surface area (Å²) < 4.78 is 0. The van der Waals surface area contributed by atoms with Crippen LogP contribution in [0.2, 0.25) is 0 Å². The Bertz CT molecular complexity index is 257. The van der Waals surface area contributed by atoms with E-state index in [9.17, 15) is 4.79 Å². The Morgan fingerprint density at radius 3 is 2.42 bits per heavy atom. The molecule has 0 unspecified atom stereocenters. The molecule has 0 spiro atoms. The van der Waals surface area contributed by atoms with Crippen molar-refractivity contribution in [2.75, 3.05) is 5.73 Å². The number of H-pyrrole nitrogens is 1. The maximum Gasteiger partial charge on any atom is 0.252 e. The zero-order chi connectivity index (χ0) is 9.56. The number of nitrogens with one attached hydrogen (secondary N) is 1. The molecule has 0 amide bonds. The molecule has 0 aliphatic heterocycles. The van der Waals surface area contributed by atoms with Gasteiger partial charge in [0.05, 0.1) is 0 Å². The van der Waals surface area contributed by atoms with Crippen LogP contribution < -0.4 is 11.3 Å². The number of aromatic amines is 1. The van der Waals surface area contributed by atoms with Crippen LogP contribution in [0.1, 0.15) is 26.0 Å². The van der Waals surface area contributed by atoms with Crippen LogP contribution in [0, 0.1) is 6.92 Å². The largest absolute Gasteiger partial charge is 0.369 e. The minimum atomic E-state index is -0.208. The number of hydrogen-bond acceptors (Lipinski definition) is 3. The fourth-order valence-electron chi connectivity index (χ4n) is 0.602. The zero-order valence-corrected chi connectivity index (χ0v) is 7.72. The van der Waals surface area contributed by atoms with Gasteiger partial charge in [0.2, 0.25) is 5.95 Å². The highest BCUT2D eigenvalue weighted by molar-refractivity contribution is 5.16. The molecule has 1 rings (SSSR count). The molecule has 4 heteroatoms. The molecular weight excluding hydrogens is 154 g/mol. The quantitative estimate of drug-likeness (QED) is 0.610. The van der Waals surface area contributed by atoms with Crippen molar-refractivity contribution in [3.8, 4) is 0 Å². The normalized spacial score (nSPS) is 8.58. The van der Waals surface area contributed by atoms with E-state index in [2.05, 4.69) is 23.8 Å². The molecule has 0 aliphatic carbocycles. The van der Waals surface area contributed by atoms with Crippen molar-refractivity contribution in [2.45, 2.75) is 27.2 Å². The first kappa shape index (κ1) is 10.7. The van der Waals surface area contributed by atoms with E-state index in [1.165, 1.54) is 12.5 Å². The summed E-state index contributed by atoms with van der Waals surface area (Å²) in [4.78, 5) is 16.6. The van der Waals surface area contributed by atoms with Crippen LogP contribution in [0.5, 0.6) is 0 Å². The Hall–Kier alpha value is -1.32. The summed E-state index contributed by atoms with van der Waals surface area (Å²) in [6, 6.07) is 1.39. The van der Waals surface area contributed by atoms with E-state index in [0.717, 1.165) is 0 Å². The molecule has 3 N–H and O–H groups in total. The van der Waals surface area contributed by atoms with Crippen LogP contribution in [-0.2, 0) is 0 Å². The molecule has 4 nitrogen and oxygen atoms in total. The van der Waals surface area contributed by atoms with Crippen LogP contribution >= 0.6 is 0 Å². The van der Waals surface area contributed by atoms with Gasteiger partial charge in [-0.2, -0.15) is 0 Å². The molecule has 0 saturated carbocycles. The monoisotopic (exact) mass is 169 g/mol. The van der Waals surface area contributed by atoms with Gasteiger partial charge < -0.3 is 5.73 Å². The minimum absolute atomic E-state index is 0.167. The first-order chi connectivity index (χ1) is 5.60. The molecule has 12 heavy (non-hydrogen) atoms. The van der Waals surface area contributed by atoms with Crippen LogP contribution in [0.3, 0.4) is 0 Å². The van der Waals surface area contributed by atoms with E-state index in [4.69, 9.17) is 5.73 Å². The smallest absolute Gasteiger partial charge is 0.252 e. The van der Waals surface area contributed by atoms with Crippen molar-refractivity contribution in [3.63, 3.8) is 0 Å². The molecule has 0 aromatic carbocycles. The van der Waals surface area contributed by atoms with Crippen LogP contribution in [0.4, 0.5) is 5.95 Å². The topological polar surface area (TPSA) is 71.8 Å². The number of aromatic nitrogens is 2. The van der Waals surface area contributed by atoms with Gasteiger partial charge in [-0.3, -0.25) is 9.78 Å². The summed E-state index contributed by atoms with van der Waals surface area (Å²) in [5.41, 5.74) is 5.62. The number of aryl methyl sites for hydroxylation is 1. The number of anilines is 1. The van der Waals surface area contributed by atoms with Gasteiger partial charge in [0.1, 0.15) is 0 Å². The van der Waals surface area contributed by atoms with Crippen molar-refractivity contribution in [1.29, 1.82) is 0 Å². The Balaban J connectivity index is 0.000000354. The molecule has 1 aromatic rings. The fraction of sp³-hybridized carbons (Fsp3) is 0.500. The number of hydrogen-bond donors (Lipinski definition) is 2. The molecule has 0 bridgehead atoms. The zero-order valence-electron chi connectivity index (χ0n) is 7.72. The van der Waals surface area contributed by atoms with Crippen LogP contribution in [0.25, 0.3) is 0 Å². The molecular formula is C8H15N3O. The second-order valence-corrected chi connectivity index (χ2v) is 2.48. The van der Waals surface area contributed by atoms with E-state index >= 15 is 0 Å². The summed E-state index contributed by atoms with van der Waals surface area (Å²) in [6.45, 7) is 5.96. The minimum Gasteiger partial charge on any atom is -0.369 e. The van der Waals surface area contributed by atoms with Crippen LogP contribution in [-0.4, -0.2) is 9.97 Å². The maximum atomic E-state index is 10.5. The average molecular weight is 169 g/mol. The van der Waals surface area contributed by atoms with Crippen molar-refractivity contribution in [2.24, 2.45) is 0 Å². The average Bonchev–Trinajstić information content (AvgIpc) is 1.84. The first-order valence-corrected chi connectivity index (χ1v) is 3.93. The Labute approximate surface area is 71.8 Å².